The van der Waals surface area contributed by atoms with Crippen LogP contribution in [-0.2, 0) is 20.7 Å². The van der Waals surface area contributed by atoms with E-state index in [1.807, 2.05) is 92.7 Å². The quantitative estimate of drug-likeness (QED) is 0.249. The highest BCUT2D eigenvalue weighted by Crippen LogP contribution is 2.54. The van der Waals surface area contributed by atoms with Crippen molar-refractivity contribution < 1.29 is 14.3 Å². The number of benzene rings is 3. The van der Waals surface area contributed by atoms with Gasteiger partial charge in [-0.1, -0.05) is 117 Å². The Hall–Kier alpha value is -3.22. The molecule has 0 N–H and O–H groups in total. The summed E-state index contributed by atoms with van der Waals surface area (Å²) in [6, 6.07) is 29.1. The normalized spacial score (nSPS) is 20.1. The molecule has 6 heteroatoms. The Labute approximate surface area is 245 Å². The van der Waals surface area contributed by atoms with Gasteiger partial charge >= 0.3 is 5.97 Å². The van der Waals surface area contributed by atoms with Crippen LogP contribution in [0.3, 0.4) is 0 Å². The lowest BCUT2D eigenvalue weighted by Gasteiger charge is -2.31. The molecule has 40 heavy (non-hydrogen) atoms. The van der Waals surface area contributed by atoms with Crippen molar-refractivity contribution in [1.82, 2.24) is 4.90 Å². The van der Waals surface area contributed by atoms with E-state index in [0.29, 0.717) is 0 Å². The first-order valence-electron chi connectivity index (χ1n) is 13.7. The summed E-state index contributed by atoms with van der Waals surface area (Å²) >= 11 is 3.24. The van der Waals surface area contributed by atoms with Gasteiger partial charge in [0.25, 0.3) is 5.91 Å². The van der Waals surface area contributed by atoms with E-state index in [1.165, 1.54) is 5.56 Å². The first-order chi connectivity index (χ1) is 19.3. The molecule has 4 nitrogen and oxygen atoms in total. The van der Waals surface area contributed by atoms with Crippen LogP contribution in [0.1, 0.15) is 50.5 Å². The third kappa shape index (κ3) is 5.93. The molecule has 1 fully saturated rings. The number of hydrogen-bond acceptors (Lipinski definition) is 5. The minimum atomic E-state index is -0.715. The summed E-state index contributed by atoms with van der Waals surface area (Å²) in [5.41, 5.74) is 3.99. The summed E-state index contributed by atoms with van der Waals surface area (Å²) in [5, 5.41) is 0.000627. The fraction of sp³-hybridized carbons (Fsp3) is 0.294. The van der Waals surface area contributed by atoms with Crippen molar-refractivity contribution in [3.63, 3.8) is 0 Å². The molecule has 5 rings (SSSR count). The molecule has 0 radical (unpaired) electrons. The number of fused-ring (bicyclic) bond motifs is 1. The minimum absolute atomic E-state index is 0.0842. The lowest BCUT2D eigenvalue weighted by molar-refractivity contribution is -0.157. The van der Waals surface area contributed by atoms with Crippen molar-refractivity contribution >= 4 is 35.4 Å². The van der Waals surface area contributed by atoms with Gasteiger partial charge in [-0.05, 0) is 37.0 Å². The predicted octanol–water partition coefficient (Wildman–Crippen LogP) is 7.58. The Morgan fingerprint density at radius 3 is 2.05 bits per heavy atom. The second-order valence-electron chi connectivity index (χ2n) is 10.9. The van der Waals surface area contributed by atoms with Gasteiger partial charge in [0.05, 0.1) is 4.91 Å². The fourth-order valence-electron chi connectivity index (χ4n) is 5.28. The van der Waals surface area contributed by atoms with Gasteiger partial charge in [-0.2, -0.15) is 0 Å². The lowest BCUT2D eigenvalue weighted by Crippen LogP contribution is -2.50. The van der Waals surface area contributed by atoms with Crippen LogP contribution in [0.5, 0.6) is 0 Å². The van der Waals surface area contributed by atoms with E-state index in [0.717, 1.165) is 28.0 Å². The highest BCUT2D eigenvalue weighted by atomic mass is 32.2. The van der Waals surface area contributed by atoms with Crippen LogP contribution in [-0.4, -0.2) is 38.2 Å². The van der Waals surface area contributed by atoms with Gasteiger partial charge in [-0.15, -0.1) is 23.5 Å². The van der Waals surface area contributed by atoms with Gasteiger partial charge < -0.3 is 9.64 Å². The number of amides is 1. The molecule has 0 unspecified atom stereocenters. The Morgan fingerprint density at radius 1 is 0.950 bits per heavy atom. The Kier molecular flexibility index (Phi) is 8.57. The molecule has 3 aromatic rings. The van der Waals surface area contributed by atoms with Crippen LogP contribution >= 0.6 is 23.5 Å². The van der Waals surface area contributed by atoms with Crippen LogP contribution in [0.2, 0.25) is 0 Å². The third-order valence-corrected chi connectivity index (χ3v) is 9.72. The van der Waals surface area contributed by atoms with Gasteiger partial charge in [-0.3, -0.25) is 4.79 Å². The van der Waals surface area contributed by atoms with Gasteiger partial charge in [-0.25, -0.2) is 4.79 Å². The summed E-state index contributed by atoms with van der Waals surface area (Å²) in [5.74, 6) is -0.464. The zero-order chi connectivity index (χ0) is 28.3. The molecule has 206 valence electrons. The number of ether oxygens (including phenoxy) is 1. The number of carbonyl (C=O) groups excluding carboxylic acids is 2. The summed E-state index contributed by atoms with van der Waals surface area (Å²) in [6.45, 7) is 8.26. The zero-order valence-corrected chi connectivity index (χ0v) is 25.0. The number of esters is 1. The molecule has 0 spiro atoms. The zero-order valence-electron chi connectivity index (χ0n) is 23.3. The average molecular weight is 570 g/mol. The van der Waals surface area contributed by atoms with Gasteiger partial charge in [0, 0.05) is 15.6 Å². The maximum absolute atomic E-state index is 14.1. The van der Waals surface area contributed by atoms with Crippen molar-refractivity contribution in [1.29, 1.82) is 0 Å². The van der Waals surface area contributed by atoms with Crippen molar-refractivity contribution in [2.24, 2.45) is 0 Å². The van der Waals surface area contributed by atoms with E-state index in [1.54, 1.807) is 28.4 Å². The van der Waals surface area contributed by atoms with Crippen molar-refractivity contribution in [2.45, 2.75) is 61.6 Å². The second kappa shape index (κ2) is 12.1. The molecule has 0 aromatic heterocycles. The molecular formula is C34H35NO3S2. The van der Waals surface area contributed by atoms with Crippen molar-refractivity contribution in [2.75, 3.05) is 0 Å². The molecule has 2 atom stereocenters. The maximum atomic E-state index is 14.1. The van der Waals surface area contributed by atoms with E-state index in [-0.39, 0.29) is 22.5 Å². The monoisotopic (exact) mass is 569 g/mol. The van der Waals surface area contributed by atoms with Gasteiger partial charge in [0.2, 0.25) is 0 Å². The number of thioether (sulfide) groups is 2. The van der Waals surface area contributed by atoms with Crippen LogP contribution in [0.4, 0.5) is 0 Å². The lowest BCUT2D eigenvalue weighted by atomic mass is 9.99. The van der Waals surface area contributed by atoms with E-state index in [2.05, 4.69) is 38.1 Å². The van der Waals surface area contributed by atoms with E-state index >= 15 is 0 Å². The molecule has 0 aliphatic carbocycles. The Morgan fingerprint density at radius 2 is 1.50 bits per heavy atom. The maximum Gasteiger partial charge on any atom is 0.331 e. The number of hydrogen-bond donors (Lipinski definition) is 0. The van der Waals surface area contributed by atoms with Crippen molar-refractivity contribution in [3.05, 3.63) is 130 Å². The number of rotatable bonds is 9. The molecule has 1 amide bonds. The first kappa shape index (κ1) is 28.3. The topological polar surface area (TPSA) is 46.6 Å². The van der Waals surface area contributed by atoms with Crippen molar-refractivity contribution in [3.8, 4) is 0 Å². The second-order valence-corrected chi connectivity index (χ2v) is 14.2. The smallest absolute Gasteiger partial charge is 0.331 e. The SMILES string of the molecule is CC(C)SC1=C(/C=C/Cc2ccccc2)[C@H]2SC(C)(C)[C@H](C(=O)OC(c3ccccc3)c3ccccc3)N2C1=O. The third-order valence-electron chi connectivity index (χ3n) is 7.07. The molecule has 0 bridgehead atoms. The molecule has 2 heterocycles. The number of nitrogens with zero attached hydrogens (tertiary/aromatic N) is 1. The fourth-order valence-corrected chi connectivity index (χ4v) is 7.92. The van der Waals surface area contributed by atoms with E-state index in [9.17, 15) is 9.59 Å². The van der Waals surface area contributed by atoms with E-state index < -0.39 is 16.9 Å². The first-order valence-corrected chi connectivity index (χ1v) is 15.4. The number of carbonyl (C=O) groups is 2. The summed E-state index contributed by atoms with van der Waals surface area (Å²) in [6.07, 6.45) is 4.44. The largest absolute Gasteiger partial charge is 0.451 e. The molecule has 2 aliphatic heterocycles. The average Bonchev–Trinajstić information content (AvgIpc) is 3.36. The summed E-state index contributed by atoms with van der Waals surface area (Å²) in [4.78, 5) is 30.6. The van der Waals surface area contributed by atoms with Crippen LogP contribution < -0.4 is 0 Å². The summed E-state index contributed by atoms with van der Waals surface area (Å²) in [7, 11) is 0. The highest BCUT2D eigenvalue weighted by molar-refractivity contribution is 8.05. The van der Waals surface area contributed by atoms with Crippen LogP contribution in [0, 0.1) is 0 Å². The van der Waals surface area contributed by atoms with Crippen LogP contribution in [0.25, 0.3) is 0 Å². The van der Waals surface area contributed by atoms with Crippen LogP contribution in [0.15, 0.2) is 114 Å². The molecule has 1 saturated heterocycles. The summed E-state index contributed by atoms with van der Waals surface area (Å²) < 4.78 is 5.77. The predicted molar refractivity (Wildman–Crippen MR) is 166 cm³/mol. The Balaban J connectivity index is 1.45. The number of allylic oxidation sites excluding steroid dienone is 1. The standard InChI is InChI=1S/C34H35NO3S2/c1-23(2)39-29-27(22-14-17-24-15-8-5-9-16-24)32-35(31(29)36)30(34(3,4)40-32)33(37)38-28(25-18-10-6-11-19-25)26-20-12-7-13-21-26/h5-16,18-23,28,30,32H,17H2,1-4H3/b22-14+/t30-,32+/m0/s1. The molecule has 2 aliphatic rings. The minimum Gasteiger partial charge on any atom is -0.451 e. The molecule has 3 aromatic carbocycles. The molecule has 0 saturated carbocycles. The Bertz CT molecular complexity index is 1360. The molecular weight excluding hydrogens is 535 g/mol. The van der Waals surface area contributed by atoms with E-state index in [4.69, 9.17) is 4.74 Å². The highest BCUT2D eigenvalue weighted by Gasteiger charge is 2.58. The van der Waals surface area contributed by atoms with Gasteiger partial charge in [0.1, 0.15) is 11.4 Å². The van der Waals surface area contributed by atoms with Gasteiger partial charge in [0.15, 0.2) is 6.10 Å².